The second-order valence-corrected chi connectivity index (χ2v) is 6.28. The van der Waals surface area contributed by atoms with Crippen LogP contribution in [0.4, 0.5) is 5.69 Å². The second-order valence-electron chi connectivity index (χ2n) is 6.28. The van der Waals surface area contributed by atoms with Crippen LogP contribution in [0.3, 0.4) is 0 Å². The van der Waals surface area contributed by atoms with Crippen molar-refractivity contribution in [3.63, 3.8) is 0 Å². The second kappa shape index (κ2) is 6.44. The van der Waals surface area contributed by atoms with Crippen molar-refractivity contribution in [3.05, 3.63) is 77.4 Å². The average Bonchev–Trinajstić information content (AvgIpc) is 2.92. The molecule has 5 heteroatoms. The van der Waals surface area contributed by atoms with E-state index in [0.29, 0.717) is 5.56 Å². The van der Waals surface area contributed by atoms with Crippen molar-refractivity contribution in [2.24, 2.45) is 5.10 Å². The number of anilines is 1. The number of carbonyl (C=O) groups is 2. The van der Waals surface area contributed by atoms with Gasteiger partial charge in [-0.2, -0.15) is 5.10 Å². The molecule has 0 atom stereocenters. The minimum absolute atomic E-state index is 0.0716. The summed E-state index contributed by atoms with van der Waals surface area (Å²) in [5, 5.41) is 5.87. The summed E-state index contributed by atoms with van der Waals surface area (Å²) in [5.74, 6) is -0.499. The molecule has 0 saturated carbocycles. The first kappa shape index (κ1) is 16.0. The van der Waals surface area contributed by atoms with Gasteiger partial charge in [-0.1, -0.05) is 54.1 Å². The molecule has 3 aromatic carbocycles. The number of hydrogen-bond donors (Lipinski definition) is 1. The predicted octanol–water partition coefficient (Wildman–Crippen LogP) is 3.26. The van der Waals surface area contributed by atoms with E-state index >= 15 is 0 Å². The molecular weight excluding hydrogens is 326 g/mol. The van der Waals surface area contributed by atoms with E-state index in [0.717, 1.165) is 27.6 Å². The minimum Gasteiger partial charge on any atom is -0.298 e. The molecule has 128 valence electrons. The van der Waals surface area contributed by atoms with Crippen molar-refractivity contribution >= 4 is 34.5 Å². The van der Waals surface area contributed by atoms with Gasteiger partial charge in [0.1, 0.15) is 6.54 Å². The van der Waals surface area contributed by atoms with Crippen LogP contribution in [0.5, 0.6) is 0 Å². The first-order chi connectivity index (χ1) is 12.6. The van der Waals surface area contributed by atoms with Crippen molar-refractivity contribution in [1.82, 2.24) is 5.43 Å². The predicted molar refractivity (Wildman–Crippen MR) is 103 cm³/mol. The summed E-state index contributed by atoms with van der Waals surface area (Å²) in [7, 11) is 0. The lowest BCUT2D eigenvalue weighted by Crippen LogP contribution is -2.37. The van der Waals surface area contributed by atoms with E-state index in [2.05, 4.69) is 10.5 Å². The topological polar surface area (TPSA) is 61.8 Å². The van der Waals surface area contributed by atoms with Crippen molar-refractivity contribution < 1.29 is 9.59 Å². The van der Waals surface area contributed by atoms with E-state index in [1.54, 1.807) is 12.3 Å². The van der Waals surface area contributed by atoms with Gasteiger partial charge in [0.2, 0.25) is 0 Å². The number of nitrogens with one attached hydrogen (secondary N) is 1. The van der Waals surface area contributed by atoms with Gasteiger partial charge < -0.3 is 0 Å². The van der Waals surface area contributed by atoms with Crippen LogP contribution >= 0.6 is 0 Å². The maximum Gasteiger partial charge on any atom is 0.260 e. The van der Waals surface area contributed by atoms with E-state index in [9.17, 15) is 9.59 Å². The molecule has 4 rings (SSSR count). The lowest BCUT2D eigenvalue weighted by Gasteiger charge is -2.16. The summed E-state index contributed by atoms with van der Waals surface area (Å²) in [5.41, 5.74) is 5.94. The van der Waals surface area contributed by atoms with Crippen LogP contribution in [0, 0.1) is 6.92 Å². The number of rotatable bonds is 4. The summed E-state index contributed by atoms with van der Waals surface area (Å²) >= 11 is 0. The van der Waals surface area contributed by atoms with Crippen LogP contribution in [0.1, 0.15) is 21.5 Å². The minimum atomic E-state index is -0.341. The first-order valence-corrected chi connectivity index (χ1v) is 8.36. The zero-order valence-corrected chi connectivity index (χ0v) is 14.3. The third-order valence-electron chi connectivity index (χ3n) is 4.43. The number of amides is 2. The Morgan fingerprint density at radius 2 is 1.81 bits per heavy atom. The van der Waals surface area contributed by atoms with Crippen LogP contribution in [0.25, 0.3) is 10.8 Å². The van der Waals surface area contributed by atoms with Crippen LogP contribution in [-0.4, -0.2) is 24.6 Å². The number of hydrogen-bond acceptors (Lipinski definition) is 3. The molecule has 0 radical (unpaired) electrons. The van der Waals surface area contributed by atoms with Crippen LogP contribution in [-0.2, 0) is 4.79 Å². The molecule has 3 aromatic rings. The van der Waals surface area contributed by atoms with Crippen molar-refractivity contribution in [3.8, 4) is 0 Å². The molecule has 1 aliphatic heterocycles. The highest BCUT2D eigenvalue weighted by molar-refractivity contribution is 6.26. The standard InChI is InChI=1S/C21H17N3O2/c1-14-8-10-15(11-9-14)12-22-23-19(25)13-24-18-7-3-5-16-4-2-6-17(20(16)18)21(24)26/h2-12H,13H2,1H3,(H,23,25)/b22-12+. The summed E-state index contributed by atoms with van der Waals surface area (Å²) in [6.07, 6.45) is 1.58. The number of benzene rings is 3. The van der Waals surface area contributed by atoms with Crippen molar-refractivity contribution in [2.75, 3.05) is 11.4 Å². The Kier molecular flexibility index (Phi) is 3.97. The van der Waals surface area contributed by atoms with Gasteiger partial charge in [0.15, 0.2) is 0 Å². The largest absolute Gasteiger partial charge is 0.298 e. The molecule has 0 unspecified atom stereocenters. The Morgan fingerprint density at radius 1 is 1.08 bits per heavy atom. The van der Waals surface area contributed by atoms with Gasteiger partial charge in [-0.25, -0.2) is 5.43 Å². The molecule has 1 N–H and O–H groups in total. The summed E-state index contributed by atoms with van der Waals surface area (Å²) in [6.45, 7) is 1.94. The molecule has 5 nitrogen and oxygen atoms in total. The quantitative estimate of drug-likeness (QED) is 0.584. The summed E-state index contributed by atoms with van der Waals surface area (Å²) in [6, 6.07) is 19.1. The first-order valence-electron chi connectivity index (χ1n) is 8.36. The monoisotopic (exact) mass is 343 g/mol. The summed E-state index contributed by atoms with van der Waals surface area (Å²) in [4.78, 5) is 26.4. The number of hydrazone groups is 1. The van der Waals surface area contributed by atoms with Crippen LogP contribution < -0.4 is 10.3 Å². The average molecular weight is 343 g/mol. The van der Waals surface area contributed by atoms with Gasteiger partial charge >= 0.3 is 0 Å². The van der Waals surface area contributed by atoms with Crippen molar-refractivity contribution in [2.45, 2.75) is 6.92 Å². The fourth-order valence-electron chi connectivity index (χ4n) is 3.15. The molecule has 0 aliphatic carbocycles. The van der Waals surface area contributed by atoms with Crippen LogP contribution in [0.2, 0.25) is 0 Å². The Balaban J connectivity index is 1.48. The van der Waals surface area contributed by atoms with Gasteiger partial charge in [0.25, 0.3) is 11.8 Å². The number of nitrogens with zero attached hydrogens (tertiary/aromatic N) is 2. The third-order valence-corrected chi connectivity index (χ3v) is 4.43. The molecule has 1 heterocycles. The molecule has 0 aromatic heterocycles. The Hall–Kier alpha value is -3.47. The molecule has 0 spiro atoms. The van der Waals surface area contributed by atoms with Gasteiger partial charge in [-0.3, -0.25) is 14.5 Å². The molecule has 2 amide bonds. The zero-order valence-electron chi connectivity index (χ0n) is 14.3. The maximum absolute atomic E-state index is 12.6. The van der Waals surface area contributed by atoms with E-state index in [4.69, 9.17) is 0 Å². The van der Waals surface area contributed by atoms with Gasteiger partial charge in [0, 0.05) is 10.9 Å². The van der Waals surface area contributed by atoms with Gasteiger partial charge in [0.05, 0.1) is 11.9 Å². The highest BCUT2D eigenvalue weighted by Gasteiger charge is 2.30. The Morgan fingerprint density at radius 3 is 2.58 bits per heavy atom. The highest BCUT2D eigenvalue weighted by Crippen LogP contribution is 2.36. The number of carbonyl (C=O) groups excluding carboxylic acids is 2. The van der Waals surface area contributed by atoms with E-state index < -0.39 is 0 Å². The SMILES string of the molecule is Cc1ccc(/C=N/NC(=O)CN2C(=O)c3cccc4cccc2c34)cc1. The highest BCUT2D eigenvalue weighted by atomic mass is 16.2. The van der Waals surface area contributed by atoms with Gasteiger partial charge in [-0.05, 0) is 30.0 Å². The summed E-state index contributed by atoms with van der Waals surface area (Å²) < 4.78 is 0. The molecule has 0 bridgehead atoms. The molecule has 0 fully saturated rings. The van der Waals surface area contributed by atoms with Gasteiger partial charge in [-0.15, -0.1) is 0 Å². The lowest BCUT2D eigenvalue weighted by atomic mass is 10.1. The third kappa shape index (κ3) is 2.84. The smallest absolute Gasteiger partial charge is 0.260 e. The van der Waals surface area contributed by atoms with E-state index in [-0.39, 0.29) is 18.4 Å². The Bertz CT molecular complexity index is 1030. The number of aryl methyl sites for hydroxylation is 1. The lowest BCUT2D eigenvalue weighted by molar-refractivity contribution is -0.119. The van der Waals surface area contributed by atoms with E-state index in [1.807, 2.05) is 61.5 Å². The Labute approximate surface area is 150 Å². The van der Waals surface area contributed by atoms with E-state index in [1.165, 1.54) is 4.90 Å². The van der Waals surface area contributed by atoms with Crippen molar-refractivity contribution in [1.29, 1.82) is 0 Å². The normalized spacial score (nSPS) is 13.0. The fourth-order valence-corrected chi connectivity index (χ4v) is 3.15. The van der Waals surface area contributed by atoms with Crippen LogP contribution in [0.15, 0.2) is 65.8 Å². The maximum atomic E-state index is 12.6. The molecule has 26 heavy (non-hydrogen) atoms. The molecule has 1 aliphatic rings. The zero-order chi connectivity index (χ0) is 18.1. The molecule has 0 saturated heterocycles. The fraction of sp³-hybridized carbons (Fsp3) is 0.0952. The molecular formula is C21H17N3O2.